The van der Waals surface area contributed by atoms with Crippen molar-refractivity contribution in [2.75, 3.05) is 19.6 Å². The molecule has 0 spiro atoms. The van der Waals surface area contributed by atoms with Gasteiger partial charge < -0.3 is 28.7 Å². The van der Waals surface area contributed by atoms with Crippen LogP contribution in [0.4, 0.5) is 68.2 Å². The fourth-order valence-electron chi connectivity index (χ4n) is 20.5. The molecule has 0 radical (unpaired) electrons. The minimum atomic E-state index is 0.610. The quantitative estimate of drug-likeness (QED) is 0.0592. The van der Waals surface area contributed by atoms with Gasteiger partial charge in [-0.15, -0.1) is 0 Å². The predicted octanol–water partition coefficient (Wildman–Crippen LogP) is 36.0. The summed E-state index contributed by atoms with van der Waals surface area (Å²) in [5.41, 5.74) is 35.9. The summed E-state index contributed by atoms with van der Waals surface area (Å²) >= 11 is 0. The minimum absolute atomic E-state index is 0.610. The largest absolute Gasteiger partial charge is 0.310 e. The molecule has 0 unspecified atom stereocenters. The topological polar surface area (TPSA) is 74.4 Å². The zero-order valence-corrected chi connectivity index (χ0v) is 78.6. The van der Waals surface area contributed by atoms with Gasteiger partial charge in [-0.2, -0.15) is 0 Å². The Morgan fingerprint density at radius 3 is 0.549 bits per heavy atom. The van der Waals surface area contributed by atoms with Gasteiger partial charge in [-0.3, -0.25) is 0 Å². The first kappa shape index (κ1) is 86.2. The highest BCUT2D eigenvalue weighted by Crippen LogP contribution is 2.50. The van der Waals surface area contributed by atoms with Gasteiger partial charge >= 0.3 is 0 Å². The van der Waals surface area contributed by atoms with Gasteiger partial charge in [0.15, 0.2) is 11.6 Å². The van der Waals surface area contributed by atoms with Crippen molar-refractivity contribution in [1.82, 2.24) is 29.1 Å². The van der Waals surface area contributed by atoms with Crippen LogP contribution in [-0.4, -0.2) is 29.1 Å². The van der Waals surface area contributed by atoms with Crippen LogP contribution in [0.3, 0.4) is 0 Å². The Bertz CT molecular complexity index is 7860. The molecule has 0 fully saturated rings. The van der Waals surface area contributed by atoms with Crippen molar-refractivity contribution >= 4 is 112 Å². The first-order chi connectivity index (χ1) is 71.4. The third-order valence-corrected chi connectivity index (χ3v) is 27.2. The lowest BCUT2D eigenvalue weighted by atomic mass is 9.85. The van der Waals surface area contributed by atoms with Crippen LogP contribution in [0.5, 0.6) is 0 Å². The van der Waals surface area contributed by atoms with Crippen molar-refractivity contribution in [2.45, 2.75) is 0 Å². The Kier molecular flexibility index (Phi) is 22.8. The van der Waals surface area contributed by atoms with Gasteiger partial charge in [-0.1, -0.05) is 328 Å². The Morgan fingerprint density at radius 2 is 0.326 bits per heavy atom. The molecule has 21 aromatic carbocycles. The lowest BCUT2D eigenvalue weighted by molar-refractivity contribution is 1.18. The number of para-hydroxylation sites is 8. The third-order valence-electron chi connectivity index (χ3n) is 27.2. The maximum Gasteiger partial charge on any atom is 0.160 e. The molecular formula is C134H92N10. The van der Waals surface area contributed by atoms with Crippen LogP contribution in [0.15, 0.2) is 558 Å². The van der Waals surface area contributed by atoms with Crippen LogP contribution in [-0.2, 0) is 0 Å². The molecule has 4 heterocycles. The number of anilines is 12. The second kappa shape index (κ2) is 38.2. The van der Waals surface area contributed by atoms with E-state index >= 15 is 0 Å². The van der Waals surface area contributed by atoms with E-state index in [0.29, 0.717) is 11.6 Å². The SMILES string of the molecule is c1ccc(-c2cc(-c3ccccc3)nc(-c3cccc(-c4cc(-c5ccc(-n6c7ccc(N(c8ccccc8)c8ccccc8)cc7c7cc(N(c8ccccc8)c8ccccc8)ccc76)cc5)c(-c5cccc(-c6nc(-c7ccccc7)cc(-c7ccccc7)n6)c5)cc4-c4ccc(-n5c6ccc(N(c7ccccc7)c7ccccc7)cc6c6cc(N(c7ccccc7)c7ccccc7)ccc65)cc4)c3)n2)cc1. The van der Waals surface area contributed by atoms with E-state index in [4.69, 9.17) is 19.9 Å². The number of benzene rings is 21. The number of hydrogen-bond donors (Lipinski definition) is 0. The van der Waals surface area contributed by atoms with E-state index < -0.39 is 0 Å². The van der Waals surface area contributed by atoms with E-state index in [2.05, 4.69) is 563 Å². The minimum Gasteiger partial charge on any atom is -0.310 e. The average Bonchev–Trinajstić information content (AvgIpc) is 1.58. The number of nitrogens with zero attached hydrogens (tertiary/aromatic N) is 10. The summed E-state index contributed by atoms with van der Waals surface area (Å²) in [4.78, 5) is 31.3. The van der Waals surface area contributed by atoms with Gasteiger partial charge in [-0.25, -0.2) is 19.9 Å². The molecule has 0 aliphatic heterocycles. The summed E-state index contributed by atoms with van der Waals surface area (Å²) in [6, 6.07) is 200. The van der Waals surface area contributed by atoms with Crippen molar-refractivity contribution in [3.05, 3.63) is 558 Å². The molecule has 0 aliphatic carbocycles. The molecule has 25 rings (SSSR count). The van der Waals surface area contributed by atoms with Crippen LogP contribution in [0.2, 0.25) is 0 Å². The van der Waals surface area contributed by atoms with Gasteiger partial charge in [0, 0.05) is 135 Å². The standard InChI is InChI=1S/C134H92N10/c1-13-39-95(40-14-1)125-91-126(96-41-15-2-16-42-96)136-133(135-125)101-49-37-47-99(83-101)119-89-118(94-69-73-112(74-70-94)144-131-81-77-115(141(107-59-29-9-30-60-107)108-61-31-10-32-62-108)87-123(131)124-88-116(78-82-132(124)144)142(109-63-33-11-34-64-109)110-65-35-12-36-66-110)120(100-48-38-50-102(84-100)134-137-127(97-43-17-3-18-44-97)92-128(138-134)98-45-19-4-20-46-98)90-117(119)93-67-71-111(72-68-93)143-129-79-75-113(139(103-51-21-5-22-52-103)104-53-23-6-24-54-104)85-121(129)122-86-114(76-80-130(122)143)140(105-55-25-7-26-56-105)106-57-27-8-28-58-106/h1-92H. The second-order valence-electron chi connectivity index (χ2n) is 36.1. The molecule has 4 aromatic heterocycles. The molecule has 25 aromatic rings. The summed E-state index contributed by atoms with van der Waals surface area (Å²) in [6.45, 7) is 0. The molecule has 0 aliphatic rings. The van der Waals surface area contributed by atoms with Crippen LogP contribution in [0, 0.1) is 0 Å². The normalized spacial score (nSPS) is 11.3. The number of fused-ring (bicyclic) bond motifs is 6. The molecule has 0 amide bonds. The van der Waals surface area contributed by atoms with Gasteiger partial charge in [0.1, 0.15) is 0 Å². The van der Waals surface area contributed by atoms with E-state index in [-0.39, 0.29) is 0 Å². The van der Waals surface area contributed by atoms with E-state index in [1.165, 1.54) is 0 Å². The van der Waals surface area contributed by atoms with Gasteiger partial charge in [0.25, 0.3) is 0 Å². The van der Waals surface area contributed by atoms with E-state index in [1.54, 1.807) is 0 Å². The molecule has 0 bridgehead atoms. The van der Waals surface area contributed by atoms with E-state index in [9.17, 15) is 0 Å². The molecule has 10 nitrogen and oxygen atoms in total. The molecule has 678 valence electrons. The number of aromatic nitrogens is 6. The van der Waals surface area contributed by atoms with Crippen LogP contribution in [0.25, 0.3) is 167 Å². The summed E-state index contributed by atoms with van der Waals surface area (Å²) in [7, 11) is 0. The van der Waals surface area contributed by atoms with Crippen LogP contribution >= 0.6 is 0 Å². The molecular weight excluding hydrogens is 1750 g/mol. The average molecular weight is 1840 g/mol. The molecule has 10 heteroatoms. The smallest absolute Gasteiger partial charge is 0.160 e. The van der Waals surface area contributed by atoms with Crippen molar-refractivity contribution in [3.63, 3.8) is 0 Å². The van der Waals surface area contributed by atoms with Crippen molar-refractivity contribution in [2.24, 2.45) is 0 Å². The first-order valence-electron chi connectivity index (χ1n) is 48.8. The zero-order chi connectivity index (χ0) is 95.6. The maximum atomic E-state index is 5.48. The van der Waals surface area contributed by atoms with Crippen molar-refractivity contribution in [3.8, 4) is 124 Å². The lowest BCUT2D eigenvalue weighted by Gasteiger charge is -2.26. The van der Waals surface area contributed by atoms with Crippen molar-refractivity contribution in [1.29, 1.82) is 0 Å². The second-order valence-corrected chi connectivity index (χ2v) is 36.1. The Hall–Kier alpha value is -19.4. The van der Waals surface area contributed by atoms with E-state index in [0.717, 1.165) is 224 Å². The molecule has 0 saturated heterocycles. The molecule has 144 heavy (non-hydrogen) atoms. The lowest BCUT2D eigenvalue weighted by Crippen LogP contribution is -2.09. The monoisotopic (exact) mass is 1840 g/mol. The highest BCUT2D eigenvalue weighted by atomic mass is 15.2. The Balaban J connectivity index is 0.707. The van der Waals surface area contributed by atoms with Crippen LogP contribution in [0.1, 0.15) is 0 Å². The molecule has 0 N–H and O–H groups in total. The Labute approximate surface area is 836 Å². The number of rotatable bonds is 24. The molecule has 0 saturated carbocycles. The fraction of sp³-hybridized carbons (Fsp3) is 0. The predicted molar refractivity (Wildman–Crippen MR) is 599 cm³/mol. The zero-order valence-electron chi connectivity index (χ0n) is 78.6. The summed E-state index contributed by atoms with van der Waals surface area (Å²) < 4.78 is 4.88. The summed E-state index contributed by atoms with van der Waals surface area (Å²) in [5, 5.41) is 4.42. The summed E-state index contributed by atoms with van der Waals surface area (Å²) in [5.74, 6) is 1.22. The molecule has 0 atom stereocenters. The fourth-order valence-corrected chi connectivity index (χ4v) is 20.5. The van der Waals surface area contributed by atoms with Gasteiger partial charge in [0.05, 0.1) is 44.8 Å². The van der Waals surface area contributed by atoms with Gasteiger partial charge in [0.2, 0.25) is 0 Å². The third kappa shape index (κ3) is 16.8. The van der Waals surface area contributed by atoms with Crippen LogP contribution < -0.4 is 19.6 Å². The van der Waals surface area contributed by atoms with Crippen molar-refractivity contribution < 1.29 is 0 Å². The highest BCUT2D eigenvalue weighted by molar-refractivity contribution is 6.14. The number of hydrogen-bond acceptors (Lipinski definition) is 8. The van der Waals surface area contributed by atoms with Gasteiger partial charge in [-0.05, 0) is 275 Å². The summed E-state index contributed by atoms with van der Waals surface area (Å²) in [6.07, 6.45) is 0. The Morgan fingerprint density at radius 1 is 0.132 bits per heavy atom. The highest BCUT2D eigenvalue weighted by Gasteiger charge is 2.27. The van der Waals surface area contributed by atoms with E-state index in [1.807, 2.05) is 24.3 Å². The first-order valence-corrected chi connectivity index (χ1v) is 48.8. The maximum absolute atomic E-state index is 5.48.